The van der Waals surface area contributed by atoms with Gasteiger partial charge >= 0.3 is 12.1 Å². The van der Waals surface area contributed by atoms with Crippen LogP contribution >= 0.6 is 0 Å². The zero-order valence-corrected chi connectivity index (χ0v) is 17.3. The Kier molecular flexibility index (Phi) is 5.68. The summed E-state index contributed by atoms with van der Waals surface area (Å²) in [6.45, 7) is -0.114. The third-order valence-electron chi connectivity index (χ3n) is 5.55. The number of fused-ring (bicyclic) bond motifs is 2. The molecular formula is C24H18F3N3O3. The summed E-state index contributed by atoms with van der Waals surface area (Å²) in [5, 5.41) is 19.5. The summed E-state index contributed by atoms with van der Waals surface area (Å²) in [7, 11) is 0. The third kappa shape index (κ3) is 4.32. The van der Waals surface area contributed by atoms with E-state index in [0.29, 0.717) is 34.9 Å². The molecule has 0 spiro atoms. The zero-order valence-electron chi connectivity index (χ0n) is 17.3. The van der Waals surface area contributed by atoms with Gasteiger partial charge in [0.05, 0.1) is 5.56 Å². The largest absolute Gasteiger partial charge is 0.480 e. The minimum atomic E-state index is -4.55. The van der Waals surface area contributed by atoms with Crippen molar-refractivity contribution < 1.29 is 27.9 Å². The molecule has 2 heterocycles. The molecule has 3 aromatic rings. The van der Waals surface area contributed by atoms with Crippen LogP contribution in [-0.4, -0.2) is 28.1 Å². The van der Waals surface area contributed by atoms with E-state index in [9.17, 15) is 28.0 Å². The number of anilines is 1. The van der Waals surface area contributed by atoms with E-state index < -0.39 is 23.6 Å². The van der Waals surface area contributed by atoms with Gasteiger partial charge in [-0.15, -0.1) is 0 Å². The Morgan fingerprint density at radius 2 is 1.94 bits per heavy atom. The van der Waals surface area contributed by atoms with E-state index in [4.69, 9.17) is 5.11 Å². The highest BCUT2D eigenvalue weighted by atomic mass is 19.4. The molecule has 33 heavy (non-hydrogen) atoms. The summed E-state index contributed by atoms with van der Waals surface area (Å²) < 4.78 is 41.2. The van der Waals surface area contributed by atoms with E-state index >= 15 is 0 Å². The van der Waals surface area contributed by atoms with Crippen molar-refractivity contribution in [1.82, 2.24) is 4.57 Å². The molecule has 1 aromatic heterocycles. The first-order valence-corrected chi connectivity index (χ1v) is 10.1. The number of alkyl halides is 3. The lowest BCUT2D eigenvalue weighted by atomic mass is 9.98. The molecule has 1 aliphatic rings. The highest BCUT2D eigenvalue weighted by molar-refractivity contribution is 6.12. The van der Waals surface area contributed by atoms with Gasteiger partial charge in [-0.05, 0) is 42.7 Å². The lowest BCUT2D eigenvalue weighted by Gasteiger charge is -2.30. The van der Waals surface area contributed by atoms with Gasteiger partial charge in [-0.2, -0.15) is 18.4 Å². The van der Waals surface area contributed by atoms with Crippen molar-refractivity contribution in [2.45, 2.75) is 25.6 Å². The number of carbonyl (C=O) groups is 2. The Balaban J connectivity index is 1.76. The molecule has 6 nitrogen and oxygen atoms in total. The monoisotopic (exact) mass is 453 g/mol. The summed E-state index contributed by atoms with van der Waals surface area (Å²) in [6.07, 6.45) is -0.576. The van der Waals surface area contributed by atoms with E-state index in [1.54, 1.807) is 24.3 Å². The molecule has 1 N–H and O–H groups in total. The number of carbonyl (C=O) groups excluding carboxylic acids is 1. The number of carboxylic acids is 1. The van der Waals surface area contributed by atoms with Gasteiger partial charge in [-0.1, -0.05) is 24.3 Å². The first-order valence-electron chi connectivity index (χ1n) is 10.1. The maximum absolute atomic E-state index is 13.2. The Morgan fingerprint density at radius 3 is 2.64 bits per heavy atom. The Hall–Kier alpha value is -4.06. The maximum Gasteiger partial charge on any atom is 0.416 e. The van der Waals surface area contributed by atoms with E-state index in [2.05, 4.69) is 0 Å². The molecule has 0 radical (unpaired) electrons. The minimum Gasteiger partial charge on any atom is -0.480 e. The van der Waals surface area contributed by atoms with Gasteiger partial charge in [-0.25, -0.2) is 0 Å². The minimum absolute atomic E-state index is 0.149. The van der Waals surface area contributed by atoms with Crippen LogP contribution in [0.25, 0.3) is 17.0 Å². The molecule has 1 amide bonds. The lowest BCUT2D eigenvalue weighted by Crippen LogP contribution is -2.36. The van der Waals surface area contributed by atoms with Gasteiger partial charge in [0.1, 0.15) is 18.2 Å². The summed E-state index contributed by atoms with van der Waals surface area (Å²) in [6, 6.07) is 12.1. The topological polar surface area (TPSA) is 86.3 Å². The van der Waals surface area contributed by atoms with Gasteiger partial charge in [0, 0.05) is 34.9 Å². The van der Waals surface area contributed by atoms with Crippen molar-refractivity contribution in [2.75, 3.05) is 11.4 Å². The van der Waals surface area contributed by atoms with Crippen molar-refractivity contribution in [1.29, 1.82) is 5.26 Å². The van der Waals surface area contributed by atoms with Crippen LogP contribution in [0.4, 0.5) is 18.9 Å². The molecule has 0 saturated carbocycles. The molecule has 1 aliphatic heterocycles. The standard InChI is InChI=1S/C24H18F3N3O3/c25-24(26,27)18-8-7-15-4-3-9-30(21(15)11-18)23(33)16(12-28)10-17-13-29(14-22(31)32)20-6-2-1-5-19(17)20/h1-2,5-8,10-11,13H,3-4,9,14H2,(H,31,32)/b16-10+. The molecule has 9 heteroatoms. The SMILES string of the molecule is N#C/C(=C\c1cn(CC(=O)O)c2ccccc12)C(=O)N1CCCc2ccc(C(F)(F)F)cc21. The number of aromatic nitrogens is 1. The number of nitrogens with zero attached hydrogens (tertiary/aromatic N) is 3. The highest BCUT2D eigenvalue weighted by Crippen LogP contribution is 2.36. The average Bonchev–Trinajstić information content (AvgIpc) is 3.12. The number of nitriles is 1. The van der Waals surface area contributed by atoms with Crippen molar-refractivity contribution in [3.63, 3.8) is 0 Å². The number of hydrogen-bond donors (Lipinski definition) is 1. The zero-order chi connectivity index (χ0) is 23.8. The van der Waals surface area contributed by atoms with E-state index in [1.807, 2.05) is 6.07 Å². The molecule has 0 atom stereocenters. The van der Waals surface area contributed by atoms with Crippen LogP contribution in [0.15, 0.2) is 54.2 Å². The van der Waals surface area contributed by atoms with E-state index in [0.717, 1.165) is 12.1 Å². The second-order valence-electron chi connectivity index (χ2n) is 7.69. The third-order valence-corrected chi connectivity index (χ3v) is 5.55. The van der Waals surface area contributed by atoms with Crippen LogP contribution in [0.5, 0.6) is 0 Å². The van der Waals surface area contributed by atoms with Crippen molar-refractivity contribution in [2.24, 2.45) is 0 Å². The summed E-state index contributed by atoms with van der Waals surface area (Å²) >= 11 is 0. The predicted octanol–water partition coefficient (Wildman–Crippen LogP) is 4.63. The second kappa shape index (κ2) is 8.47. The van der Waals surface area contributed by atoms with Crippen molar-refractivity contribution in [3.8, 4) is 6.07 Å². The summed E-state index contributed by atoms with van der Waals surface area (Å²) in [5.74, 6) is -1.75. The maximum atomic E-state index is 13.2. The van der Waals surface area contributed by atoms with Gasteiger partial charge in [0.15, 0.2) is 0 Å². The van der Waals surface area contributed by atoms with Crippen LogP contribution in [0.1, 0.15) is 23.1 Å². The number of aryl methyl sites for hydroxylation is 1. The molecule has 2 aromatic carbocycles. The van der Waals surface area contributed by atoms with Crippen LogP contribution in [0, 0.1) is 11.3 Å². The van der Waals surface area contributed by atoms with Crippen LogP contribution in [0.3, 0.4) is 0 Å². The van der Waals surface area contributed by atoms with Gasteiger partial charge < -0.3 is 14.6 Å². The number of halogens is 3. The fourth-order valence-electron chi connectivity index (χ4n) is 4.07. The molecule has 0 unspecified atom stereocenters. The van der Waals surface area contributed by atoms with Crippen molar-refractivity contribution >= 4 is 34.5 Å². The Labute approximate surface area is 186 Å². The van der Waals surface area contributed by atoms with Crippen molar-refractivity contribution in [3.05, 3.63) is 70.9 Å². The number of amides is 1. The van der Waals surface area contributed by atoms with Gasteiger partial charge in [0.25, 0.3) is 5.91 Å². The second-order valence-corrected chi connectivity index (χ2v) is 7.69. The number of carboxylic acid groups (broad SMARTS) is 1. The Morgan fingerprint density at radius 1 is 1.18 bits per heavy atom. The van der Waals surface area contributed by atoms with Crippen LogP contribution in [0.2, 0.25) is 0 Å². The molecule has 0 fully saturated rings. The quantitative estimate of drug-likeness (QED) is 0.461. The van der Waals surface area contributed by atoms with E-state index in [1.165, 1.54) is 27.8 Å². The molecular weight excluding hydrogens is 435 g/mol. The van der Waals surface area contributed by atoms with Gasteiger partial charge in [-0.3, -0.25) is 9.59 Å². The number of para-hydroxylation sites is 1. The summed E-state index contributed by atoms with van der Waals surface area (Å²) in [5.41, 5.74) is 0.735. The highest BCUT2D eigenvalue weighted by Gasteiger charge is 2.33. The molecule has 0 saturated heterocycles. The first-order chi connectivity index (χ1) is 15.7. The Bertz CT molecular complexity index is 1330. The van der Waals surface area contributed by atoms with E-state index in [-0.39, 0.29) is 24.4 Å². The first kappa shape index (κ1) is 22.1. The fraction of sp³-hybridized carbons (Fsp3) is 0.208. The van der Waals surface area contributed by atoms with Crippen LogP contribution in [-0.2, 0) is 28.7 Å². The molecule has 168 valence electrons. The number of rotatable bonds is 4. The molecule has 0 aliphatic carbocycles. The van der Waals surface area contributed by atoms with Crippen LogP contribution < -0.4 is 4.90 Å². The number of hydrogen-bond acceptors (Lipinski definition) is 3. The lowest BCUT2D eigenvalue weighted by molar-refractivity contribution is -0.138. The smallest absolute Gasteiger partial charge is 0.416 e. The summed E-state index contributed by atoms with van der Waals surface area (Å²) in [4.78, 5) is 25.6. The average molecular weight is 453 g/mol. The number of benzene rings is 2. The normalized spacial score (nSPS) is 14.1. The molecule has 0 bridgehead atoms. The number of aliphatic carboxylic acids is 1. The molecule has 4 rings (SSSR count). The predicted molar refractivity (Wildman–Crippen MR) is 115 cm³/mol. The van der Waals surface area contributed by atoms with Gasteiger partial charge in [0.2, 0.25) is 0 Å². The fourth-order valence-corrected chi connectivity index (χ4v) is 4.07.